The van der Waals surface area contributed by atoms with Crippen molar-refractivity contribution in [1.29, 1.82) is 0 Å². The molecule has 26 heavy (non-hydrogen) atoms. The number of benzene rings is 1. The summed E-state index contributed by atoms with van der Waals surface area (Å²) >= 11 is 0. The van der Waals surface area contributed by atoms with E-state index in [1.165, 1.54) is 0 Å². The average Bonchev–Trinajstić information content (AvgIpc) is 2.94. The molecule has 0 aliphatic rings. The predicted octanol–water partition coefficient (Wildman–Crippen LogP) is 2.51. The van der Waals surface area contributed by atoms with E-state index >= 15 is 0 Å². The minimum absolute atomic E-state index is 0. The number of para-hydroxylation sites is 1. The summed E-state index contributed by atoms with van der Waals surface area (Å²) in [5, 5.41) is 11.5. The van der Waals surface area contributed by atoms with Gasteiger partial charge in [0.05, 0.1) is 7.11 Å². The quantitative estimate of drug-likeness (QED) is 0.292. The van der Waals surface area contributed by atoms with Gasteiger partial charge in [0, 0.05) is 32.7 Å². The standard InChI is InChI=1S/C18H26N6O.HI/c1-6-11-19-18(20-12-17-22-21-14(2)24(17)4)23(3)13-15-9-7-8-10-16(15)25-5;/h6-10H,1,11-13H2,2-5H3,(H,19,20);1H. The summed E-state index contributed by atoms with van der Waals surface area (Å²) in [6, 6.07) is 7.97. The van der Waals surface area contributed by atoms with Crippen LogP contribution in [0, 0.1) is 6.92 Å². The molecule has 0 aliphatic heterocycles. The fourth-order valence-electron chi connectivity index (χ4n) is 2.37. The molecule has 0 saturated heterocycles. The van der Waals surface area contributed by atoms with Gasteiger partial charge in [-0.1, -0.05) is 24.3 Å². The van der Waals surface area contributed by atoms with Crippen molar-refractivity contribution in [3.63, 3.8) is 0 Å². The van der Waals surface area contributed by atoms with E-state index in [1.54, 1.807) is 13.2 Å². The molecule has 0 unspecified atom stereocenters. The predicted molar refractivity (Wildman–Crippen MR) is 115 cm³/mol. The second-order valence-electron chi connectivity index (χ2n) is 5.70. The Morgan fingerprint density at radius 2 is 2.12 bits per heavy atom. The molecule has 1 aromatic carbocycles. The van der Waals surface area contributed by atoms with Gasteiger partial charge < -0.3 is 19.5 Å². The van der Waals surface area contributed by atoms with Crippen LogP contribution in [0.15, 0.2) is 41.9 Å². The van der Waals surface area contributed by atoms with Gasteiger partial charge in [0.1, 0.15) is 18.1 Å². The van der Waals surface area contributed by atoms with Gasteiger partial charge in [0.25, 0.3) is 0 Å². The first-order valence-corrected chi connectivity index (χ1v) is 8.14. The van der Waals surface area contributed by atoms with Gasteiger partial charge in [-0.2, -0.15) is 0 Å². The smallest absolute Gasteiger partial charge is 0.194 e. The molecule has 142 valence electrons. The number of guanidine groups is 1. The van der Waals surface area contributed by atoms with Crippen molar-refractivity contribution >= 4 is 29.9 Å². The Bertz CT molecular complexity index is 743. The molecule has 0 saturated carbocycles. The van der Waals surface area contributed by atoms with Crippen LogP contribution >= 0.6 is 24.0 Å². The number of nitrogens with zero attached hydrogens (tertiary/aromatic N) is 5. The summed E-state index contributed by atoms with van der Waals surface area (Å²) < 4.78 is 7.37. The van der Waals surface area contributed by atoms with E-state index in [1.807, 2.05) is 54.8 Å². The lowest BCUT2D eigenvalue weighted by Crippen LogP contribution is -2.38. The lowest BCUT2D eigenvalue weighted by molar-refractivity contribution is 0.396. The van der Waals surface area contributed by atoms with E-state index in [9.17, 15) is 0 Å². The topological polar surface area (TPSA) is 67.6 Å². The lowest BCUT2D eigenvalue weighted by Gasteiger charge is -2.23. The van der Waals surface area contributed by atoms with Crippen molar-refractivity contribution in [1.82, 2.24) is 25.0 Å². The third kappa shape index (κ3) is 5.72. The van der Waals surface area contributed by atoms with E-state index in [0.717, 1.165) is 28.9 Å². The van der Waals surface area contributed by atoms with E-state index in [4.69, 9.17) is 4.74 Å². The van der Waals surface area contributed by atoms with Crippen molar-refractivity contribution in [3.8, 4) is 5.75 Å². The van der Waals surface area contributed by atoms with Crippen LogP contribution < -0.4 is 10.1 Å². The van der Waals surface area contributed by atoms with Gasteiger partial charge >= 0.3 is 0 Å². The highest BCUT2D eigenvalue weighted by Gasteiger charge is 2.11. The summed E-state index contributed by atoms with van der Waals surface area (Å²) in [4.78, 5) is 6.72. The van der Waals surface area contributed by atoms with Crippen LogP contribution in [0.2, 0.25) is 0 Å². The Labute approximate surface area is 172 Å². The van der Waals surface area contributed by atoms with Gasteiger partial charge in [0.2, 0.25) is 0 Å². The number of aromatic nitrogens is 3. The summed E-state index contributed by atoms with van der Waals surface area (Å²) in [6.45, 7) is 7.43. The van der Waals surface area contributed by atoms with Gasteiger partial charge in [0.15, 0.2) is 11.8 Å². The molecule has 7 nitrogen and oxygen atoms in total. The second kappa shape index (κ2) is 10.8. The molecule has 0 aliphatic carbocycles. The molecule has 1 heterocycles. The van der Waals surface area contributed by atoms with Crippen molar-refractivity contribution < 1.29 is 4.74 Å². The lowest BCUT2D eigenvalue weighted by atomic mass is 10.2. The molecule has 0 fully saturated rings. The van der Waals surface area contributed by atoms with Crippen LogP contribution in [0.1, 0.15) is 17.2 Å². The number of hydrogen-bond donors (Lipinski definition) is 1. The van der Waals surface area contributed by atoms with E-state index in [-0.39, 0.29) is 24.0 Å². The minimum Gasteiger partial charge on any atom is -0.496 e. The van der Waals surface area contributed by atoms with Crippen LogP contribution in [0.3, 0.4) is 0 Å². The number of nitrogens with one attached hydrogen (secondary N) is 1. The van der Waals surface area contributed by atoms with Crippen molar-refractivity contribution in [2.24, 2.45) is 12.0 Å². The zero-order valence-electron chi connectivity index (χ0n) is 15.8. The first-order chi connectivity index (χ1) is 12.1. The highest BCUT2D eigenvalue weighted by Crippen LogP contribution is 2.18. The van der Waals surface area contributed by atoms with Crippen molar-refractivity contribution in [3.05, 3.63) is 54.1 Å². The molecular formula is C18H27IN6O. The van der Waals surface area contributed by atoms with Crippen molar-refractivity contribution in [2.75, 3.05) is 20.7 Å². The van der Waals surface area contributed by atoms with Gasteiger partial charge in [-0.25, -0.2) is 4.99 Å². The number of aryl methyl sites for hydroxylation is 1. The first kappa shape index (κ1) is 21.9. The number of hydrogen-bond acceptors (Lipinski definition) is 4. The van der Waals surface area contributed by atoms with Crippen LogP contribution in [0.5, 0.6) is 5.75 Å². The maximum atomic E-state index is 5.43. The third-order valence-electron chi connectivity index (χ3n) is 3.92. The summed E-state index contributed by atoms with van der Waals surface area (Å²) in [7, 11) is 5.61. The SMILES string of the molecule is C=CCNC(=NCc1nnc(C)n1C)N(C)Cc1ccccc1OC.I. The first-order valence-electron chi connectivity index (χ1n) is 8.14. The number of rotatable bonds is 7. The van der Waals surface area contributed by atoms with E-state index in [2.05, 4.69) is 27.1 Å². The Morgan fingerprint density at radius 3 is 2.73 bits per heavy atom. The highest BCUT2D eigenvalue weighted by molar-refractivity contribution is 14.0. The average molecular weight is 470 g/mol. The fourth-order valence-corrected chi connectivity index (χ4v) is 2.37. The Hall–Kier alpha value is -2.10. The molecule has 0 spiro atoms. The highest BCUT2D eigenvalue weighted by atomic mass is 127. The second-order valence-corrected chi connectivity index (χ2v) is 5.70. The molecule has 0 radical (unpaired) electrons. The van der Waals surface area contributed by atoms with E-state index < -0.39 is 0 Å². The number of halogens is 1. The monoisotopic (exact) mass is 470 g/mol. The van der Waals surface area contributed by atoms with E-state index in [0.29, 0.717) is 19.6 Å². The van der Waals surface area contributed by atoms with Crippen LogP contribution in [-0.2, 0) is 20.1 Å². The Morgan fingerprint density at radius 1 is 1.38 bits per heavy atom. The molecule has 1 N–H and O–H groups in total. The number of ether oxygens (including phenoxy) is 1. The minimum atomic E-state index is 0. The van der Waals surface area contributed by atoms with Crippen molar-refractivity contribution in [2.45, 2.75) is 20.0 Å². The van der Waals surface area contributed by atoms with Gasteiger partial charge in [-0.3, -0.25) is 0 Å². The summed E-state index contributed by atoms with van der Waals surface area (Å²) in [5.41, 5.74) is 1.09. The van der Waals surface area contributed by atoms with Crippen LogP contribution in [0.4, 0.5) is 0 Å². The molecule has 8 heteroatoms. The molecular weight excluding hydrogens is 443 g/mol. The van der Waals surface area contributed by atoms with Crippen LogP contribution in [0.25, 0.3) is 0 Å². The molecule has 0 amide bonds. The molecule has 0 bridgehead atoms. The summed E-state index contributed by atoms with van der Waals surface area (Å²) in [6.07, 6.45) is 1.80. The largest absolute Gasteiger partial charge is 0.496 e. The third-order valence-corrected chi connectivity index (χ3v) is 3.92. The van der Waals surface area contributed by atoms with Gasteiger partial charge in [-0.15, -0.1) is 40.8 Å². The normalized spacial score (nSPS) is 10.8. The Kier molecular flexibility index (Phi) is 9.11. The maximum Gasteiger partial charge on any atom is 0.194 e. The molecule has 0 atom stereocenters. The fraction of sp³-hybridized carbons (Fsp3) is 0.389. The number of aliphatic imine (C=N–C) groups is 1. The van der Waals surface area contributed by atoms with Gasteiger partial charge in [-0.05, 0) is 13.0 Å². The summed E-state index contributed by atoms with van der Waals surface area (Å²) in [5.74, 6) is 3.32. The molecule has 1 aromatic heterocycles. The molecule has 2 rings (SSSR count). The zero-order valence-corrected chi connectivity index (χ0v) is 18.1. The zero-order chi connectivity index (χ0) is 18.2. The Balaban J connectivity index is 0.00000338. The molecule has 2 aromatic rings. The number of methoxy groups -OCH3 is 1. The van der Waals surface area contributed by atoms with Crippen LogP contribution in [-0.4, -0.2) is 46.3 Å². The maximum absolute atomic E-state index is 5.43.